The molecule has 0 radical (unpaired) electrons. The molecule has 7 heteroatoms. The van der Waals surface area contributed by atoms with Gasteiger partial charge in [-0.05, 0) is 37.8 Å². The molecule has 1 aliphatic heterocycles. The average Bonchev–Trinajstić information content (AvgIpc) is 2.67. The van der Waals surface area contributed by atoms with Crippen LogP contribution in [0.3, 0.4) is 0 Å². The minimum Gasteiger partial charge on any atom is -0.383 e. The van der Waals surface area contributed by atoms with Gasteiger partial charge >= 0.3 is 0 Å². The number of hydrogen-bond donors (Lipinski definition) is 0. The molecular formula is C20H27N3O3S. The van der Waals surface area contributed by atoms with Gasteiger partial charge in [0.1, 0.15) is 0 Å². The summed E-state index contributed by atoms with van der Waals surface area (Å²) in [7, 11) is 1.61. The number of nitrogens with zero attached hydrogens (tertiary/aromatic N) is 3. The Balaban J connectivity index is 1.85. The van der Waals surface area contributed by atoms with E-state index in [9.17, 15) is 9.59 Å². The molecule has 1 aromatic carbocycles. The summed E-state index contributed by atoms with van der Waals surface area (Å²) >= 11 is 1.34. The molecule has 1 amide bonds. The molecule has 0 N–H and O–H groups in total. The van der Waals surface area contributed by atoms with E-state index >= 15 is 0 Å². The molecule has 27 heavy (non-hydrogen) atoms. The molecule has 0 bridgehead atoms. The Kier molecular flexibility index (Phi) is 6.55. The Morgan fingerprint density at radius 3 is 2.74 bits per heavy atom. The van der Waals surface area contributed by atoms with Crippen molar-refractivity contribution >= 4 is 28.6 Å². The van der Waals surface area contributed by atoms with Crippen molar-refractivity contribution in [2.45, 2.75) is 37.9 Å². The Labute approximate surface area is 163 Å². The third-order valence-corrected chi connectivity index (χ3v) is 6.02. The number of para-hydroxylation sites is 1. The quantitative estimate of drug-likeness (QED) is 0.561. The molecule has 1 unspecified atom stereocenters. The summed E-state index contributed by atoms with van der Waals surface area (Å²) < 4.78 is 6.89. The molecule has 3 rings (SSSR count). The molecule has 1 atom stereocenters. The van der Waals surface area contributed by atoms with Crippen LogP contribution in [0.1, 0.15) is 32.7 Å². The number of fused-ring (bicyclic) bond motifs is 1. The van der Waals surface area contributed by atoms with Gasteiger partial charge in [-0.3, -0.25) is 14.2 Å². The van der Waals surface area contributed by atoms with Gasteiger partial charge in [-0.15, -0.1) is 0 Å². The predicted molar refractivity (Wildman–Crippen MR) is 108 cm³/mol. The number of methoxy groups -OCH3 is 1. The topological polar surface area (TPSA) is 64.4 Å². The number of hydrogen-bond acceptors (Lipinski definition) is 5. The minimum atomic E-state index is -0.159. The molecule has 6 nitrogen and oxygen atoms in total. The highest BCUT2D eigenvalue weighted by atomic mass is 32.2. The van der Waals surface area contributed by atoms with Gasteiger partial charge < -0.3 is 9.64 Å². The molecule has 1 aliphatic rings. The Hall–Kier alpha value is -1.86. The number of carbonyl (C=O) groups is 1. The fourth-order valence-electron chi connectivity index (χ4n) is 3.41. The highest BCUT2D eigenvalue weighted by Crippen LogP contribution is 2.23. The van der Waals surface area contributed by atoms with E-state index in [0.29, 0.717) is 34.3 Å². The van der Waals surface area contributed by atoms with E-state index in [1.54, 1.807) is 17.7 Å². The van der Waals surface area contributed by atoms with Gasteiger partial charge in [0.25, 0.3) is 5.56 Å². The van der Waals surface area contributed by atoms with Gasteiger partial charge in [-0.1, -0.05) is 30.8 Å². The predicted octanol–water partition coefficient (Wildman–Crippen LogP) is 2.95. The standard InChI is InChI=1S/C20H27N3O3S/c1-14-8-10-22(11-9-14)18(24)13-27-20-21-17-7-5-4-6-16(17)19(25)23(20)15(2)12-26-3/h4-7,14-15H,8-13H2,1-3H3. The fourth-order valence-corrected chi connectivity index (χ4v) is 4.41. The fraction of sp³-hybridized carbons (Fsp3) is 0.550. The Bertz CT molecular complexity index is 859. The smallest absolute Gasteiger partial charge is 0.262 e. The van der Waals surface area contributed by atoms with Crippen molar-refractivity contribution in [3.8, 4) is 0 Å². The first-order valence-corrected chi connectivity index (χ1v) is 10.4. The lowest BCUT2D eigenvalue weighted by molar-refractivity contribution is -0.129. The highest BCUT2D eigenvalue weighted by molar-refractivity contribution is 7.99. The third kappa shape index (κ3) is 4.52. The molecule has 2 heterocycles. The van der Waals surface area contributed by atoms with Gasteiger partial charge in [0.15, 0.2) is 5.16 Å². The second kappa shape index (κ2) is 8.89. The van der Waals surface area contributed by atoms with Crippen molar-refractivity contribution in [2.75, 3.05) is 32.6 Å². The number of ether oxygens (including phenoxy) is 1. The summed E-state index contributed by atoms with van der Waals surface area (Å²) in [5.74, 6) is 1.09. The van der Waals surface area contributed by atoms with Gasteiger partial charge in [-0.2, -0.15) is 0 Å². The van der Waals surface area contributed by atoms with Crippen LogP contribution in [0.25, 0.3) is 10.9 Å². The first-order chi connectivity index (χ1) is 13.0. The molecule has 1 aromatic heterocycles. The maximum Gasteiger partial charge on any atom is 0.262 e. The van der Waals surface area contributed by atoms with Crippen LogP contribution in [-0.2, 0) is 9.53 Å². The molecule has 1 saturated heterocycles. The highest BCUT2D eigenvalue weighted by Gasteiger charge is 2.22. The Morgan fingerprint density at radius 1 is 1.33 bits per heavy atom. The molecule has 0 aliphatic carbocycles. The van der Waals surface area contributed by atoms with Crippen LogP contribution >= 0.6 is 11.8 Å². The third-order valence-electron chi connectivity index (χ3n) is 5.09. The van der Waals surface area contributed by atoms with Crippen molar-refractivity contribution in [3.63, 3.8) is 0 Å². The molecule has 0 spiro atoms. The van der Waals surface area contributed by atoms with Crippen molar-refractivity contribution in [1.82, 2.24) is 14.5 Å². The summed E-state index contributed by atoms with van der Waals surface area (Å²) in [6, 6.07) is 7.17. The largest absolute Gasteiger partial charge is 0.383 e. The van der Waals surface area contributed by atoms with E-state index in [1.807, 2.05) is 30.0 Å². The van der Waals surface area contributed by atoms with Crippen LogP contribution in [0.5, 0.6) is 0 Å². The van der Waals surface area contributed by atoms with Crippen LogP contribution in [0.4, 0.5) is 0 Å². The second-order valence-electron chi connectivity index (χ2n) is 7.24. The van der Waals surface area contributed by atoms with E-state index in [-0.39, 0.29) is 17.5 Å². The number of piperidine rings is 1. The number of rotatable bonds is 6. The van der Waals surface area contributed by atoms with Crippen molar-refractivity contribution in [1.29, 1.82) is 0 Å². The number of carbonyl (C=O) groups excluding carboxylic acids is 1. The monoisotopic (exact) mass is 389 g/mol. The van der Waals surface area contributed by atoms with Crippen molar-refractivity contribution in [3.05, 3.63) is 34.6 Å². The SMILES string of the molecule is COCC(C)n1c(SCC(=O)N2CCC(C)CC2)nc2ccccc2c1=O. The van der Waals surface area contributed by atoms with E-state index in [1.165, 1.54) is 11.8 Å². The van der Waals surface area contributed by atoms with E-state index in [0.717, 1.165) is 25.9 Å². The lowest BCUT2D eigenvalue weighted by Crippen LogP contribution is -2.39. The number of benzene rings is 1. The van der Waals surface area contributed by atoms with Crippen molar-refractivity contribution in [2.24, 2.45) is 5.92 Å². The molecule has 0 saturated carbocycles. The van der Waals surface area contributed by atoms with E-state index in [4.69, 9.17) is 4.74 Å². The Morgan fingerprint density at radius 2 is 2.04 bits per heavy atom. The van der Waals surface area contributed by atoms with Crippen LogP contribution in [-0.4, -0.2) is 52.9 Å². The molecule has 146 valence electrons. The zero-order valence-electron chi connectivity index (χ0n) is 16.2. The first-order valence-electron chi connectivity index (χ1n) is 9.42. The maximum absolute atomic E-state index is 13.0. The summed E-state index contributed by atoms with van der Waals surface area (Å²) in [6.07, 6.45) is 2.11. The number of aromatic nitrogens is 2. The van der Waals surface area contributed by atoms with Crippen molar-refractivity contribution < 1.29 is 9.53 Å². The van der Waals surface area contributed by atoms with Crippen LogP contribution in [0.15, 0.2) is 34.2 Å². The lowest BCUT2D eigenvalue weighted by Gasteiger charge is -2.30. The zero-order valence-corrected chi connectivity index (χ0v) is 17.0. The lowest BCUT2D eigenvalue weighted by atomic mass is 9.99. The van der Waals surface area contributed by atoms with Gasteiger partial charge in [0, 0.05) is 20.2 Å². The maximum atomic E-state index is 13.0. The summed E-state index contributed by atoms with van der Waals surface area (Å²) in [5, 5.41) is 1.16. The normalized spacial score (nSPS) is 16.6. The van der Waals surface area contributed by atoms with Gasteiger partial charge in [-0.25, -0.2) is 4.98 Å². The summed E-state index contributed by atoms with van der Waals surface area (Å²) in [5.41, 5.74) is 0.567. The van der Waals surface area contributed by atoms with Crippen LogP contribution in [0.2, 0.25) is 0 Å². The zero-order chi connectivity index (χ0) is 19.4. The second-order valence-corrected chi connectivity index (χ2v) is 8.19. The number of thioether (sulfide) groups is 1. The van der Waals surface area contributed by atoms with Crippen LogP contribution in [0, 0.1) is 5.92 Å². The molecular weight excluding hydrogens is 362 g/mol. The molecule has 1 fully saturated rings. The van der Waals surface area contributed by atoms with E-state index < -0.39 is 0 Å². The van der Waals surface area contributed by atoms with Crippen LogP contribution < -0.4 is 5.56 Å². The molecule has 2 aromatic rings. The van der Waals surface area contributed by atoms with Gasteiger partial charge in [0.2, 0.25) is 5.91 Å². The average molecular weight is 390 g/mol. The first kappa shape index (κ1) is 19.9. The van der Waals surface area contributed by atoms with E-state index in [2.05, 4.69) is 11.9 Å². The summed E-state index contributed by atoms with van der Waals surface area (Å²) in [4.78, 5) is 32.2. The number of amides is 1. The van der Waals surface area contributed by atoms with Gasteiger partial charge in [0.05, 0.1) is 29.3 Å². The summed E-state index contributed by atoms with van der Waals surface area (Å²) in [6.45, 7) is 6.20. The number of likely N-dealkylation sites (tertiary alicyclic amines) is 1. The minimum absolute atomic E-state index is 0.0908.